The number of pyridine rings is 1. The van der Waals surface area contributed by atoms with E-state index in [9.17, 15) is 4.79 Å². The molecule has 0 spiro atoms. The van der Waals surface area contributed by atoms with Gasteiger partial charge in [-0.25, -0.2) is 0 Å². The Bertz CT molecular complexity index is 613. The molecule has 0 amide bonds. The third kappa shape index (κ3) is 2.21. The van der Waals surface area contributed by atoms with Gasteiger partial charge in [-0.2, -0.15) is 0 Å². The topological polar surface area (TPSA) is 34.9 Å². The Kier molecular flexibility index (Phi) is 3.20. The lowest BCUT2D eigenvalue weighted by atomic mass is 9.97. The standard InChI is InChI=1S/C16H18N2O/c1-2-12-5-4-9-17-14(12)11-18-10-8-13-15(18)6-3-7-16(13)19/h4-5,8-10H,2-3,6-7,11H2,1H3. The van der Waals surface area contributed by atoms with E-state index in [-0.39, 0.29) is 5.78 Å². The Morgan fingerprint density at radius 2 is 2.21 bits per heavy atom. The van der Waals surface area contributed by atoms with Crippen LogP contribution in [0.25, 0.3) is 0 Å². The molecule has 0 aromatic carbocycles. The molecule has 0 bridgehead atoms. The molecule has 0 N–H and O–H groups in total. The van der Waals surface area contributed by atoms with Crippen molar-refractivity contribution < 1.29 is 4.79 Å². The van der Waals surface area contributed by atoms with Crippen molar-refractivity contribution in [3.8, 4) is 0 Å². The molecule has 3 rings (SSSR count). The number of fused-ring (bicyclic) bond motifs is 1. The van der Waals surface area contributed by atoms with Crippen molar-refractivity contribution in [3.63, 3.8) is 0 Å². The summed E-state index contributed by atoms with van der Waals surface area (Å²) in [6.45, 7) is 2.92. The van der Waals surface area contributed by atoms with Gasteiger partial charge in [-0.15, -0.1) is 0 Å². The highest BCUT2D eigenvalue weighted by atomic mass is 16.1. The fourth-order valence-corrected chi connectivity index (χ4v) is 2.83. The minimum Gasteiger partial charge on any atom is -0.345 e. The first kappa shape index (κ1) is 12.2. The number of rotatable bonds is 3. The first-order valence-corrected chi connectivity index (χ1v) is 6.93. The van der Waals surface area contributed by atoms with E-state index in [0.717, 1.165) is 37.1 Å². The van der Waals surface area contributed by atoms with Crippen LogP contribution in [0.5, 0.6) is 0 Å². The van der Waals surface area contributed by atoms with Gasteiger partial charge < -0.3 is 4.57 Å². The molecule has 2 aromatic heterocycles. The SMILES string of the molecule is CCc1cccnc1Cn1ccc2c1CCCC2=O. The van der Waals surface area contributed by atoms with E-state index in [1.807, 2.05) is 24.5 Å². The van der Waals surface area contributed by atoms with E-state index in [2.05, 4.69) is 22.5 Å². The molecule has 0 radical (unpaired) electrons. The van der Waals surface area contributed by atoms with Gasteiger partial charge in [0.2, 0.25) is 0 Å². The van der Waals surface area contributed by atoms with Crippen LogP contribution in [0, 0.1) is 0 Å². The molecule has 1 aliphatic rings. The number of aromatic nitrogens is 2. The first-order chi connectivity index (χ1) is 9.29. The molecule has 19 heavy (non-hydrogen) atoms. The molecular weight excluding hydrogens is 236 g/mol. The lowest BCUT2D eigenvalue weighted by Gasteiger charge is -2.15. The fraction of sp³-hybridized carbons (Fsp3) is 0.375. The number of hydrogen-bond acceptors (Lipinski definition) is 2. The van der Waals surface area contributed by atoms with Gasteiger partial charge in [-0.05, 0) is 37.0 Å². The van der Waals surface area contributed by atoms with Crippen LogP contribution in [0.3, 0.4) is 0 Å². The molecule has 2 aromatic rings. The van der Waals surface area contributed by atoms with Crippen LogP contribution in [0.2, 0.25) is 0 Å². The molecule has 0 atom stereocenters. The molecule has 0 saturated heterocycles. The molecule has 0 fully saturated rings. The van der Waals surface area contributed by atoms with Crippen molar-refractivity contribution in [3.05, 3.63) is 53.1 Å². The highest BCUT2D eigenvalue weighted by Gasteiger charge is 2.20. The quantitative estimate of drug-likeness (QED) is 0.844. The van der Waals surface area contributed by atoms with Crippen molar-refractivity contribution >= 4 is 5.78 Å². The zero-order valence-electron chi connectivity index (χ0n) is 11.2. The van der Waals surface area contributed by atoms with E-state index in [4.69, 9.17) is 0 Å². The summed E-state index contributed by atoms with van der Waals surface area (Å²) < 4.78 is 2.19. The van der Waals surface area contributed by atoms with Crippen molar-refractivity contribution in [1.82, 2.24) is 9.55 Å². The fourth-order valence-electron chi connectivity index (χ4n) is 2.83. The van der Waals surface area contributed by atoms with Gasteiger partial charge in [0.25, 0.3) is 0 Å². The van der Waals surface area contributed by atoms with E-state index in [0.29, 0.717) is 6.42 Å². The highest BCUT2D eigenvalue weighted by Crippen LogP contribution is 2.23. The van der Waals surface area contributed by atoms with Crippen LogP contribution in [-0.4, -0.2) is 15.3 Å². The lowest BCUT2D eigenvalue weighted by molar-refractivity contribution is 0.0972. The second kappa shape index (κ2) is 5.00. The van der Waals surface area contributed by atoms with Crippen LogP contribution in [0.1, 0.15) is 47.1 Å². The Balaban J connectivity index is 1.94. The average Bonchev–Trinajstić information content (AvgIpc) is 2.84. The number of Topliss-reactive ketones (excluding diaryl/α,β-unsaturated/α-hetero) is 1. The molecule has 0 saturated carbocycles. The van der Waals surface area contributed by atoms with E-state index in [1.54, 1.807) is 0 Å². The summed E-state index contributed by atoms with van der Waals surface area (Å²) in [5, 5.41) is 0. The van der Waals surface area contributed by atoms with Crippen LogP contribution in [0.15, 0.2) is 30.6 Å². The van der Waals surface area contributed by atoms with E-state index in [1.165, 1.54) is 11.3 Å². The van der Waals surface area contributed by atoms with Crippen molar-refractivity contribution in [2.24, 2.45) is 0 Å². The molecule has 98 valence electrons. The second-order valence-electron chi connectivity index (χ2n) is 5.04. The summed E-state index contributed by atoms with van der Waals surface area (Å²) in [5.74, 6) is 0.289. The van der Waals surface area contributed by atoms with Crippen LogP contribution in [-0.2, 0) is 19.4 Å². The van der Waals surface area contributed by atoms with Gasteiger partial charge in [0.05, 0.1) is 12.2 Å². The molecule has 3 nitrogen and oxygen atoms in total. The number of ketones is 1. The van der Waals surface area contributed by atoms with E-state index < -0.39 is 0 Å². The molecule has 1 aliphatic carbocycles. The summed E-state index contributed by atoms with van der Waals surface area (Å²) in [6.07, 6.45) is 7.53. The smallest absolute Gasteiger partial charge is 0.164 e. The minimum absolute atomic E-state index is 0.289. The van der Waals surface area contributed by atoms with Gasteiger partial charge in [0, 0.05) is 30.1 Å². The third-order valence-electron chi connectivity index (χ3n) is 3.88. The molecule has 0 aliphatic heterocycles. The Morgan fingerprint density at radius 1 is 1.32 bits per heavy atom. The van der Waals surface area contributed by atoms with Gasteiger partial charge in [0.15, 0.2) is 5.78 Å². The van der Waals surface area contributed by atoms with Gasteiger partial charge in [0.1, 0.15) is 0 Å². The maximum atomic E-state index is 11.8. The lowest BCUT2D eigenvalue weighted by Crippen LogP contribution is -2.14. The maximum absolute atomic E-state index is 11.8. The Morgan fingerprint density at radius 3 is 3.05 bits per heavy atom. The number of carbonyl (C=O) groups is 1. The molecule has 3 heteroatoms. The summed E-state index contributed by atoms with van der Waals surface area (Å²) in [6, 6.07) is 6.08. The Hall–Kier alpha value is -1.90. The van der Waals surface area contributed by atoms with Crippen LogP contribution < -0.4 is 0 Å². The second-order valence-corrected chi connectivity index (χ2v) is 5.04. The predicted molar refractivity (Wildman–Crippen MR) is 74.4 cm³/mol. The minimum atomic E-state index is 0.289. The highest BCUT2D eigenvalue weighted by molar-refractivity contribution is 5.98. The van der Waals surface area contributed by atoms with E-state index >= 15 is 0 Å². The van der Waals surface area contributed by atoms with Gasteiger partial charge in [-0.1, -0.05) is 13.0 Å². The van der Waals surface area contributed by atoms with Gasteiger partial charge >= 0.3 is 0 Å². The average molecular weight is 254 g/mol. The van der Waals surface area contributed by atoms with Gasteiger partial charge in [-0.3, -0.25) is 9.78 Å². The predicted octanol–water partition coefficient (Wildman–Crippen LogP) is 3.01. The zero-order valence-corrected chi connectivity index (χ0v) is 11.2. The number of nitrogens with zero attached hydrogens (tertiary/aromatic N) is 2. The van der Waals surface area contributed by atoms with Crippen molar-refractivity contribution in [2.45, 2.75) is 39.2 Å². The zero-order chi connectivity index (χ0) is 13.2. The largest absolute Gasteiger partial charge is 0.345 e. The summed E-state index contributed by atoms with van der Waals surface area (Å²) in [7, 11) is 0. The van der Waals surface area contributed by atoms with Crippen molar-refractivity contribution in [2.75, 3.05) is 0 Å². The number of aryl methyl sites for hydroxylation is 1. The number of hydrogen-bond donors (Lipinski definition) is 0. The summed E-state index contributed by atoms with van der Waals surface area (Å²) in [5.41, 5.74) is 4.50. The summed E-state index contributed by atoms with van der Waals surface area (Å²) >= 11 is 0. The molecule has 2 heterocycles. The monoisotopic (exact) mass is 254 g/mol. The molecule has 0 unspecified atom stereocenters. The summed E-state index contributed by atoms with van der Waals surface area (Å²) in [4.78, 5) is 16.3. The maximum Gasteiger partial charge on any atom is 0.164 e. The normalized spacial score (nSPS) is 14.5. The van der Waals surface area contributed by atoms with Crippen LogP contribution >= 0.6 is 0 Å². The third-order valence-corrected chi connectivity index (χ3v) is 3.88. The Labute approximate surface area is 113 Å². The van der Waals surface area contributed by atoms with Crippen LogP contribution in [0.4, 0.5) is 0 Å². The van der Waals surface area contributed by atoms with Crippen molar-refractivity contribution in [1.29, 1.82) is 0 Å². The molecular formula is C16H18N2O. The number of carbonyl (C=O) groups excluding carboxylic acids is 1. The first-order valence-electron chi connectivity index (χ1n) is 6.93.